The Hall–Kier alpha value is -1.75. The van der Waals surface area contributed by atoms with Crippen LogP contribution < -0.4 is 16.8 Å². The topological polar surface area (TPSA) is 84.4 Å². The average molecular weight is 276 g/mol. The smallest absolute Gasteiger partial charge is 0.250 e. The number of likely N-dealkylation sites (tertiary alicyclic amines) is 1. The van der Waals surface area contributed by atoms with Gasteiger partial charge in [0.05, 0.1) is 16.9 Å². The van der Waals surface area contributed by atoms with E-state index in [1.54, 1.807) is 12.1 Å². The molecule has 1 saturated heterocycles. The number of piperidine rings is 1. The normalized spacial score (nSPS) is 17.6. The predicted octanol–water partition coefficient (Wildman–Crippen LogP) is 1.65. The van der Waals surface area contributed by atoms with E-state index in [0.717, 1.165) is 12.2 Å². The number of hydrogen-bond donors (Lipinski definition) is 3. The number of amides is 1. The summed E-state index contributed by atoms with van der Waals surface area (Å²) in [7, 11) is 0. The van der Waals surface area contributed by atoms with Gasteiger partial charge in [-0.05, 0) is 45.0 Å². The highest BCUT2D eigenvalue weighted by molar-refractivity contribution is 6.00. The standard InChI is InChI=1S/C15H24N4O/c1-11(10-19-8-3-2-4-9-19)18-13-7-5-6-12(14(13)16)15(17)20/h5-7,11,18H,2-4,8-10,16H2,1H3,(H2,17,20). The summed E-state index contributed by atoms with van der Waals surface area (Å²) in [6, 6.07) is 5.61. The van der Waals surface area contributed by atoms with Crippen LogP contribution in [0.5, 0.6) is 0 Å². The molecule has 1 fully saturated rings. The molecule has 1 amide bonds. The van der Waals surface area contributed by atoms with Gasteiger partial charge < -0.3 is 21.7 Å². The van der Waals surface area contributed by atoms with E-state index in [9.17, 15) is 4.79 Å². The Morgan fingerprint density at radius 2 is 2.05 bits per heavy atom. The molecular weight excluding hydrogens is 252 g/mol. The first-order valence-electron chi connectivity index (χ1n) is 7.25. The van der Waals surface area contributed by atoms with Crippen LogP contribution in [0.1, 0.15) is 36.5 Å². The lowest BCUT2D eigenvalue weighted by Gasteiger charge is -2.30. The first-order chi connectivity index (χ1) is 9.58. The highest BCUT2D eigenvalue weighted by Crippen LogP contribution is 2.23. The molecule has 5 heteroatoms. The van der Waals surface area contributed by atoms with Gasteiger partial charge in [0.2, 0.25) is 0 Å². The van der Waals surface area contributed by atoms with Gasteiger partial charge in [0.25, 0.3) is 5.91 Å². The Morgan fingerprint density at radius 3 is 2.70 bits per heavy atom. The SMILES string of the molecule is CC(CN1CCCCC1)Nc1cccc(C(N)=O)c1N. The molecule has 2 rings (SSSR count). The Morgan fingerprint density at radius 1 is 1.35 bits per heavy atom. The maximum atomic E-state index is 11.3. The molecule has 1 unspecified atom stereocenters. The highest BCUT2D eigenvalue weighted by atomic mass is 16.1. The zero-order valence-corrected chi connectivity index (χ0v) is 12.1. The largest absolute Gasteiger partial charge is 0.396 e. The maximum absolute atomic E-state index is 11.3. The number of nitrogens with one attached hydrogen (secondary N) is 1. The maximum Gasteiger partial charge on any atom is 0.250 e. The van der Waals surface area contributed by atoms with Gasteiger partial charge in [0.1, 0.15) is 0 Å². The second-order valence-corrected chi connectivity index (χ2v) is 5.54. The van der Waals surface area contributed by atoms with Crippen molar-refractivity contribution >= 4 is 17.3 Å². The van der Waals surface area contributed by atoms with E-state index in [2.05, 4.69) is 17.1 Å². The molecule has 1 aliphatic rings. The molecule has 20 heavy (non-hydrogen) atoms. The van der Waals surface area contributed by atoms with E-state index in [1.165, 1.54) is 32.4 Å². The van der Waals surface area contributed by atoms with Crippen molar-refractivity contribution in [1.82, 2.24) is 4.90 Å². The number of carbonyl (C=O) groups excluding carboxylic acids is 1. The summed E-state index contributed by atoms with van der Waals surface area (Å²) in [6.07, 6.45) is 3.91. The van der Waals surface area contributed by atoms with Crippen molar-refractivity contribution in [1.29, 1.82) is 0 Å². The minimum absolute atomic E-state index is 0.276. The van der Waals surface area contributed by atoms with Gasteiger partial charge >= 0.3 is 0 Å². The summed E-state index contributed by atoms with van der Waals surface area (Å²) in [6.45, 7) is 5.46. The number of nitrogen functional groups attached to an aromatic ring is 1. The molecule has 1 aromatic carbocycles. The van der Waals surface area contributed by atoms with E-state index in [-0.39, 0.29) is 6.04 Å². The minimum Gasteiger partial charge on any atom is -0.396 e. The number of hydrogen-bond acceptors (Lipinski definition) is 4. The number of carbonyl (C=O) groups is 1. The quantitative estimate of drug-likeness (QED) is 0.714. The van der Waals surface area contributed by atoms with Crippen LogP contribution in [0.2, 0.25) is 0 Å². The summed E-state index contributed by atoms with van der Waals surface area (Å²) in [5.41, 5.74) is 12.9. The lowest BCUT2D eigenvalue weighted by Crippen LogP contribution is -2.38. The van der Waals surface area contributed by atoms with E-state index in [1.807, 2.05) is 6.07 Å². The number of para-hydroxylation sites is 1. The molecule has 110 valence electrons. The Bertz CT molecular complexity index is 469. The van der Waals surface area contributed by atoms with E-state index in [4.69, 9.17) is 11.5 Å². The van der Waals surface area contributed by atoms with Gasteiger partial charge in [0.15, 0.2) is 0 Å². The van der Waals surface area contributed by atoms with Gasteiger partial charge in [-0.1, -0.05) is 12.5 Å². The molecule has 1 heterocycles. The second-order valence-electron chi connectivity index (χ2n) is 5.54. The molecule has 5 N–H and O–H groups in total. The zero-order chi connectivity index (χ0) is 14.5. The third-order valence-corrected chi connectivity index (χ3v) is 3.75. The molecule has 0 bridgehead atoms. The van der Waals surface area contributed by atoms with Gasteiger partial charge in [-0.2, -0.15) is 0 Å². The number of primary amides is 1. The van der Waals surface area contributed by atoms with E-state index < -0.39 is 5.91 Å². The molecule has 0 radical (unpaired) electrons. The zero-order valence-electron chi connectivity index (χ0n) is 12.1. The van der Waals surface area contributed by atoms with Crippen molar-refractivity contribution in [2.75, 3.05) is 30.7 Å². The van der Waals surface area contributed by atoms with Gasteiger partial charge in [0, 0.05) is 12.6 Å². The fourth-order valence-corrected chi connectivity index (χ4v) is 2.75. The summed E-state index contributed by atoms with van der Waals surface area (Å²) in [5.74, 6) is -0.491. The monoisotopic (exact) mass is 276 g/mol. The number of nitrogens with zero attached hydrogens (tertiary/aromatic N) is 1. The highest BCUT2D eigenvalue weighted by Gasteiger charge is 2.15. The van der Waals surface area contributed by atoms with Crippen LogP contribution in [-0.2, 0) is 0 Å². The molecule has 0 saturated carbocycles. The number of nitrogens with two attached hydrogens (primary N) is 2. The molecule has 1 atom stereocenters. The summed E-state index contributed by atoms with van der Waals surface area (Å²) in [5, 5.41) is 3.38. The Labute approximate surface area is 120 Å². The predicted molar refractivity (Wildman–Crippen MR) is 82.7 cm³/mol. The van der Waals surface area contributed by atoms with Crippen LogP contribution in [-0.4, -0.2) is 36.5 Å². The van der Waals surface area contributed by atoms with Gasteiger partial charge in [-0.15, -0.1) is 0 Å². The fraction of sp³-hybridized carbons (Fsp3) is 0.533. The van der Waals surface area contributed by atoms with Crippen molar-refractivity contribution in [2.45, 2.75) is 32.2 Å². The molecular formula is C15H24N4O. The molecule has 0 aromatic heterocycles. The Balaban J connectivity index is 1.98. The van der Waals surface area contributed by atoms with Crippen molar-refractivity contribution in [3.8, 4) is 0 Å². The lowest BCUT2D eigenvalue weighted by molar-refractivity contribution is 0.100. The number of rotatable bonds is 5. The lowest BCUT2D eigenvalue weighted by atomic mass is 10.1. The van der Waals surface area contributed by atoms with E-state index >= 15 is 0 Å². The molecule has 1 aromatic rings. The van der Waals surface area contributed by atoms with Gasteiger partial charge in [-0.3, -0.25) is 4.79 Å². The number of anilines is 2. The molecule has 5 nitrogen and oxygen atoms in total. The van der Waals surface area contributed by atoms with Crippen molar-refractivity contribution in [3.63, 3.8) is 0 Å². The first kappa shape index (κ1) is 14.7. The van der Waals surface area contributed by atoms with Crippen LogP contribution in [0.15, 0.2) is 18.2 Å². The summed E-state index contributed by atoms with van der Waals surface area (Å²) < 4.78 is 0. The van der Waals surface area contributed by atoms with Crippen LogP contribution >= 0.6 is 0 Å². The minimum atomic E-state index is -0.491. The van der Waals surface area contributed by atoms with Crippen LogP contribution in [0.4, 0.5) is 11.4 Å². The van der Waals surface area contributed by atoms with Crippen LogP contribution in [0.3, 0.4) is 0 Å². The van der Waals surface area contributed by atoms with Crippen LogP contribution in [0.25, 0.3) is 0 Å². The van der Waals surface area contributed by atoms with E-state index in [0.29, 0.717) is 11.3 Å². The molecule has 0 aliphatic carbocycles. The van der Waals surface area contributed by atoms with Gasteiger partial charge in [-0.25, -0.2) is 0 Å². The third-order valence-electron chi connectivity index (χ3n) is 3.75. The summed E-state index contributed by atoms with van der Waals surface area (Å²) >= 11 is 0. The van der Waals surface area contributed by atoms with Crippen molar-refractivity contribution in [3.05, 3.63) is 23.8 Å². The van der Waals surface area contributed by atoms with Crippen LogP contribution in [0, 0.1) is 0 Å². The second kappa shape index (κ2) is 6.61. The van der Waals surface area contributed by atoms with Crippen molar-refractivity contribution in [2.24, 2.45) is 5.73 Å². The Kier molecular flexibility index (Phi) is 4.84. The first-order valence-corrected chi connectivity index (χ1v) is 7.25. The summed E-state index contributed by atoms with van der Waals surface area (Å²) in [4.78, 5) is 13.8. The third kappa shape index (κ3) is 3.63. The molecule has 1 aliphatic heterocycles. The fourth-order valence-electron chi connectivity index (χ4n) is 2.75. The number of benzene rings is 1. The van der Waals surface area contributed by atoms with Crippen molar-refractivity contribution < 1.29 is 4.79 Å². The average Bonchev–Trinajstić information content (AvgIpc) is 2.42. The molecule has 0 spiro atoms.